The Morgan fingerprint density at radius 3 is 2.94 bits per heavy atom. The Labute approximate surface area is 102 Å². The Balaban J connectivity index is 2.16. The van der Waals surface area contributed by atoms with Gasteiger partial charge in [-0.2, -0.15) is 4.57 Å². The SMILES string of the molecule is CCC1COC(C)CN1C(=O)n1cc[n+](C)c1. The summed E-state index contributed by atoms with van der Waals surface area (Å²) in [6.45, 7) is 5.39. The van der Waals surface area contributed by atoms with Gasteiger partial charge in [-0.1, -0.05) is 6.92 Å². The van der Waals surface area contributed by atoms with Crippen LogP contribution in [0.15, 0.2) is 18.7 Å². The first-order valence-electron chi connectivity index (χ1n) is 6.07. The number of hydrogen-bond acceptors (Lipinski definition) is 2. The van der Waals surface area contributed by atoms with Crippen LogP contribution in [0, 0.1) is 0 Å². The normalized spacial score (nSPS) is 25.0. The fourth-order valence-corrected chi connectivity index (χ4v) is 2.13. The van der Waals surface area contributed by atoms with Gasteiger partial charge in [0.15, 0.2) is 0 Å². The van der Waals surface area contributed by atoms with E-state index in [4.69, 9.17) is 4.74 Å². The van der Waals surface area contributed by atoms with Crippen LogP contribution in [0.4, 0.5) is 4.79 Å². The van der Waals surface area contributed by atoms with Crippen molar-refractivity contribution in [3.63, 3.8) is 0 Å². The van der Waals surface area contributed by atoms with Gasteiger partial charge in [0.2, 0.25) is 0 Å². The van der Waals surface area contributed by atoms with E-state index >= 15 is 0 Å². The van der Waals surface area contributed by atoms with E-state index in [0.29, 0.717) is 13.2 Å². The zero-order chi connectivity index (χ0) is 12.4. The molecule has 1 aromatic rings. The summed E-state index contributed by atoms with van der Waals surface area (Å²) in [7, 11) is 1.91. The lowest BCUT2D eigenvalue weighted by atomic mass is 10.1. The van der Waals surface area contributed by atoms with Crippen LogP contribution >= 0.6 is 0 Å². The molecular formula is C12H20N3O2+. The maximum atomic E-state index is 12.3. The third-order valence-electron chi connectivity index (χ3n) is 3.17. The summed E-state index contributed by atoms with van der Waals surface area (Å²) < 4.78 is 9.08. The molecule has 0 N–H and O–H groups in total. The number of amides is 1. The van der Waals surface area contributed by atoms with Crippen molar-refractivity contribution in [1.82, 2.24) is 9.47 Å². The van der Waals surface area contributed by atoms with Gasteiger partial charge in [0.05, 0.1) is 32.3 Å². The number of aryl methyl sites for hydroxylation is 1. The van der Waals surface area contributed by atoms with Crippen molar-refractivity contribution in [3.05, 3.63) is 18.7 Å². The van der Waals surface area contributed by atoms with Gasteiger partial charge >= 0.3 is 6.03 Å². The van der Waals surface area contributed by atoms with E-state index in [1.165, 1.54) is 0 Å². The lowest BCUT2D eigenvalue weighted by molar-refractivity contribution is -0.670. The highest BCUT2D eigenvalue weighted by molar-refractivity contribution is 5.77. The molecule has 2 unspecified atom stereocenters. The van der Waals surface area contributed by atoms with E-state index in [9.17, 15) is 4.79 Å². The molecule has 17 heavy (non-hydrogen) atoms. The van der Waals surface area contributed by atoms with Crippen LogP contribution in [0.3, 0.4) is 0 Å². The molecule has 1 saturated heterocycles. The van der Waals surface area contributed by atoms with Gasteiger partial charge in [0, 0.05) is 0 Å². The average molecular weight is 238 g/mol. The zero-order valence-corrected chi connectivity index (χ0v) is 10.7. The monoisotopic (exact) mass is 238 g/mol. The molecule has 1 aliphatic rings. The molecule has 2 rings (SSSR count). The molecule has 1 aromatic heterocycles. The van der Waals surface area contributed by atoms with E-state index in [-0.39, 0.29) is 18.2 Å². The van der Waals surface area contributed by atoms with Crippen molar-refractivity contribution in [1.29, 1.82) is 0 Å². The first-order chi connectivity index (χ1) is 8.11. The van der Waals surface area contributed by atoms with Crippen molar-refractivity contribution < 1.29 is 14.1 Å². The van der Waals surface area contributed by atoms with Gasteiger partial charge in [0.1, 0.15) is 12.4 Å². The van der Waals surface area contributed by atoms with Crippen LogP contribution in [0.5, 0.6) is 0 Å². The molecule has 5 nitrogen and oxygen atoms in total. The quantitative estimate of drug-likeness (QED) is 0.678. The highest BCUT2D eigenvalue weighted by Gasteiger charge is 2.32. The average Bonchev–Trinajstić information content (AvgIpc) is 2.75. The molecule has 2 heterocycles. The summed E-state index contributed by atoms with van der Waals surface area (Å²) in [5.74, 6) is 0. The fraction of sp³-hybridized carbons (Fsp3) is 0.667. The molecular weight excluding hydrogens is 218 g/mol. The predicted molar refractivity (Wildman–Crippen MR) is 62.6 cm³/mol. The Morgan fingerprint density at radius 1 is 1.59 bits per heavy atom. The minimum absolute atomic E-state index is 0.0348. The van der Waals surface area contributed by atoms with Crippen molar-refractivity contribution >= 4 is 6.03 Å². The molecule has 0 saturated carbocycles. The van der Waals surface area contributed by atoms with Crippen LogP contribution < -0.4 is 4.57 Å². The summed E-state index contributed by atoms with van der Waals surface area (Å²) in [5, 5.41) is 0. The number of imidazole rings is 1. The molecule has 1 fully saturated rings. The largest absolute Gasteiger partial charge is 0.416 e. The molecule has 0 bridgehead atoms. The van der Waals surface area contributed by atoms with Gasteiger partial charge in [-0.15, -0.1) is 0 Å². The van der Waals surface area contributed by atoms with Gasteiger partial charge < -0.3 is 4.74 Å². The van der Waals surface area contributed by atoms with Gasteiger partial charge in [-0.3, -0.25) is 4.90 Å². The lowest BCUT2D eigenvalue weighted by Gasteiger charge is -2.36. The number of carbonyl (C=O) groups is 1. The van der Waals surface area contributed by atoms with E-state index in [2.05, 4.69) is 6.92 Å². The summed E-state index contributed by atoms with van der Waals surface area (Å²) >= 11 is 0. The first-order valence-corrected chi connectivity index (χ1v) is 6.07. The van der Waals surface area contributed by atoms with Crippen molar-refractivity contribution in [2.75, 3.05) is 13.2 Å². The molecule has 0 aromatic carbocycles. The number of carbonyl (C=O) groups excluding carboxylic acids is 1. The zero-order valence-electron chi connectivity index (χ0n) is 10.7. The Kier molecular flexibility index (Phi) is 3.47. The van der Waals surface area contributed by atoms with Crippen LogP contribution in [0.2, 0.25) is 0 Å². The maximum absolute atomic E-state index is 12.3. The van der Waals surface area contributed by atoms with Gasteiger partial charge in [-0.25, -0.2) is 9.36 Å². The van der Waals surface area contributed by atoms with E-state index in [1.807, 2.05) is 29.6 Å². The topological polar surface area (TPSA) is 38.4 Å². The first kappa shape index (κ1) is 12.1. The highest BCUT2D eigenvalue weighted by atomic mass is 16.5. The third-order valence-corrected chi connectivity index (χ3v) is 3.17. The maximum Gasteiger partial charge on any atom is 0.416 e. The third kappa shape index (κ3) is 2.49. The standard InChI is InChI=1S/C12H20N3O2/c1-4-11-8-17-10(2)7-15(11)12(16)14-6-5-13(3)9-14/h5-6,9-11H,4,7-8H2,1-3H3/q+1. The second kappa shape index (κ2) is 4.87. The number of ether oxygens (including phenoxy) is 1. The van der Waals surface area contributed by atoms with Crippen LogP contribution in [-0.2, 0) is 11.8 Å². The molecule has 94 valence electrons. The Bertz CT molecular complexity index is 402. The number of aromatic nitrogens is 2. The molecule has 0 spiro atoms. The van der Waals surface area contributed by atoms with Crippen LogP contribution in [0.25, 0.3) is 0 Å². The Hall–Kier alpha value is -1.36. The smallest absolute Gasteiger partial charge is 0.375 e. The highest BCUT2D eigenvalue weighted by Crippen LogP contribution is 2.15. The molecule has 1 aliphatic heterocycles. The number of morpholine rings is 1. The van der Waals surface area contributed by atoms with Crippen LogP contribution in [-0.4, -0.2) is 40.8 Å². The Morgan fingerprint density at radius 2 is 2.35 bits per heavy atom. The molecule has 1 amide bonds. The van der Waals surface area contributed by atoms with Gasteiger partial charge in [0.25, 0.3) is 6.33 Å². The van der Waals surface area contributed by atoms with Crippen LogP contribution in [0.1, 0.15) is 20.3 Å². The van der Waals surface area contributed by atoms with E-state index in [0.717, 1.165) is 6.42 Å². The van der Waals surface area contributed by atoms with E-state index in [1.54, 1.807) is 17.1 Å². The van der Waals surface area contributed by atoms with Crippen molar-refractivity contribution in [2.45, 2.75) is 32.4 Å². The van der Waals surface area contributed by atoms with Gasteiger partial charge in [-0.05, 0) is 13.3 Å². The minimum Gasteiger partial charge on any atom is -0.375 e. The molecule has 2 atom stereocenters. The van der Waals surface area contributed by atoms with E-state index < -0.39 is 0 Å². The van der Waals surface area contributed by atoms with Crippen molar-refractivity contribution in [2.24, 2.45) is 7.05 Å². The number of rotatable bonds is 1. The summed E-state index contributed by atoms with van der Waals surface area (Å²) in [6.07, 6.45) is 6.48. The second-order valence-corrected chi connectivity index (χ2v) is 4.63. The number of nitrogens with zero attached hydrogens (tertiary/aromatic N) is 3. The van der Waals surface area contributed by atoms with Crippen molar-refractivity contribution in [3.8, 4) is 0 Å². The molecule has 5 heteroatoms. The summed E-state index contributed by atoms with van der Waals surface area (Å²) in [5.41, 5.74) is 0. The molecule has 0 radical (unpaired) electrons. The minimum atomic E-state index is 0.0348. The second-order valence-electron chi connectivity index (χ2n) is 4.63. The number of hydrogen-bond donors (Lipinski definition) is 0. The summed E-state index contributed by atoms with van der Waals surface area (Å²) in [4.78, 5) is 14.3. The lowest BCUT2D eigenvalue weighted by Crippen LogP contribution is -2.52. The summed E-state index contributed by atoms with van der Waals surface area (Å²) in [6, 6.07) is 0.221. The fourth-order valence-electron chi connectivity index (χ4n) is 2.13. The molecule has 0 aliphatic carbocycles. The predicted octanol–water partition coefficient (Wildman–Crippen LogP) is 0.780.